The summed E-state index contributed by atoms with van der Waals surface area (Å²) in [7, 11) is 1.34. The molecule has 1 saturated carbocycles. The average molecular weight is 201 g/mol. The van der Waals surface area contributed by atoms with Crippen molar-refractivity contribution < 1.29 is 14.6 Å². The van der Waals surface area contributed by atoms with E-state index in [1.165, 1.54) is 26.4 Å². The van der Waals surface area contributed by atoms with Crippen LogP contribution in [0.2, 0.25) is 0 Å². The molecule has 0 aromatic carbocycles. The molecule has 0 aliphatic heterocycles. The summed E-state index contributed by atoms with van der Waals surface area (Å²) in [5, 5.41) is 11.8. The smallest absolute Gasteiger partial charge is 0.407 e. The highest BCUT2D eigenvalue weighted by Crippen LogP contribution is 2.26. The molecule has 1 atom stereocenters. The Labute approximate surface area is 84.6 Å². The van der Waals surface area contributed by atoms with Crippen molar-refractivity contribution in [2.24, 2.45) is 5.92 Å². The zero-order valence-corrected chi connectivity index (χ0v) is 8.66. The molecule has 0 bridgehead atoms. The largest absolute Gasteiger partial charge is 0.453 e. The first-order valence-corrected chi connectivity index (χ1v) is 5.23. The molecule has 0 saturated heterocycles. The van der Waals surface area contributed by atoms with Crippen LogP contribution in [0.15, 0.2) is 0 Å². The molecule has 0 unspecified atom stereocenters. The molecule has 0 aromatic rings. The third-order valence-electron chi connectivity index (χ3n) is 2.90. The second-order valence-corrected chi connectivity index (χ2v) is 3.82. The lowest BCUT2D eigenvalue weighted by atomic mass is 9.84. The molecule has 14 heavy (non-hydrogen) atoms. The van der Waals surface area contributed by atoms with Gasteiger partial charge < -0.3 is 15.2 Å². The van der Waals surface area contributed by atoms with E-state index in [-0.39, 0.29) is 12.6 Å². The van der Waals surface area contributed by atoms with Gasteiger partial charge >= 0.3 is 6.09 Å². The van der Waals surface area contributed by atoms with Crippen LogP contribution in [0.1, 0.15) is 32.1 Å². The van der Waals surface area contributed by atoms with E-state index in [9.17, 15) is 4.79 Å². The van der Waals surface area contributed by atoms with Crippen molar-refractivity contribution in [1.82, 2.24) is 5.32 Å². The maximum Gasteiger partial charge on any atom is 0.407 e. The summed E-state index contributed by atoms with van der Waals surface area (Å²) < 4.78 is 4.51. The molecule has 0 spiro atoms. The van der Waals surface area contributed by atoms with Crippen LogP contribution in [0.3, 0.4) is 0 Å². The monoisotopic (exact) mass is 201 g/mol. The topological polar surface area (TPSA) is 58.6 Å². The van der Waals surface area contributed by atoms with E-state index in [0.717, 1.165) is 12.8 Å². The van der Waals surface area contributed by atoms with Gasteiger partial charge in [-0.3, -0.25) is 0 Å². The van der Waals surface area contributed by atoms with Crippen LogP contribution in [0, 0.1) is 5.92 Å². The molecule has 0 heterocycles. The van der Waals surface area contributed by atoms with E-state index in [1.807, 2.05) is 0 Å². The Bertz CT molecular complexity index is 178. The quantitative estimate of drug-likeness (QED) is 0.723. The molecule has 0 aromatic heterocycles. The van der Waals surface area contributed by atoms with Gasteiger partial charge in [-0.25, -0.2) is 4.79 Å². The summed E-state index contributed by atoms with van der Waals surface area (Å²) >= 11 is 0. The molecule has 4 nitrogen and oxygen atoms in total. The van der Waals surface area contributed by atoms with Crippen LogP contribution in [0.5, 0.6) is 0 Å². The number of carbonyl (C=O) groups is 1. The fraction of sp³-hybridized carbons (Fsp3) is 0.900. The lowest BCUT2D eigenvalue weighted by molar-refractivity contribution is 0.135. The summed E-state index contributed by atoms with van der Waals surface area (Å²) in [5.74, 6) is 0.410. The number of rotatable bonds is 3. The molecular weight excluding hydrogens is 182 g/mol. The molecule has 82 valence electrons. The van der Waals surface area contributed by atoms with Crippen LogP contribution in [0.4, 0.5) is 4.79 Å². The highest BCUT2D eigenvalue weighted by Gasteiger charge is 2.24. The van der Waals surface area contributed by atoms with Gasteiger partial charge in [0.25, 0.3) is 0 Å². The van der Waals surface area contributed by atoms with Crippen molar-refractivity contribution in [3.05, 3.63) is 0 Å². The number of hydrogen-bond donors (Lipinski definition) is 2. The van der Waals surface area contributed by atoms with E-state index in [2.05, 4.69) is 10.1 Å². The predicted octanol–water partition coefficient (Wildman–Crippen LogP) is 1.28. The Morgan fingerprint density at radius 2 is 2.14 bits per heavy atom. The van der Waals surface area contributed by atoms with E-state index < -0.39 is 6.09 Å². The van der Waals surface area contributed by atoms with E-state index >= 15 is 0 Å². The molecule has 1 amide bonds. The number of amides is 1. The number of aliphatic hydroxyl groups is 1. The van der Waals surface area contributed by atoms with Crippen molar-refractivity contribution in [3.8, 4) is 0 Å². The average Bonchev–Trinajstić information content (AvgIpc) is 2.26. The molecule has 1 aliphatic rings. The van der Waals surface area contributed by atoms with Crippen molar-refractivity contribution in [2.75, 3.05) is 13.7 Å². The third kappa shape index (κ3) is 3.18. The van der Waals surface area contributed by atoms with Crippen LogP contribution in [-0.4, -0.2) is 31.0 Å². The van der Waals surface area contributed by atoms with Gasteiger partial charge in [-0.1, -0.05) is 19.3 Å². The van der Waals surface area contributed by atoms with Gasteiger partial charge in [0.1, 0.15) is 0 Å². The number of methoxy groups -OCH3 is 1. The second kappa shape index (κ2) is 5.86. The van der Waals surface area contributed by atoms with Crippen molar-refractivity contribution in [1.29, 1.82) is 0 Å². The lowest BCUT2D eigenvalue weighted by Gasteiger charge is -2.29. The molecule has 1 fully saturated rings. The number of carbonyl (C=O) groups excluding carboxylic acids is 1. The number of alkyl carbamates (subject to hydrolysis) is 1. The SMILES string of the molecule is COC(=O)N[C@@H](CO)C1CCCCC1. The lowest BCUT2D eigenvalue weighted by Crippen LogP contribution is -2.43. The van der Waals surface area contributed by atoms with Crippen molar-refractivity contribution >= 4 is 6.09 Å². The number of aliphatic hydroxyl groups excluding tert-OH is 1. The van der Waals surface area contributed by atoms with Crippen molar-refractivity contribution in [2.45, 2.75) is 38.1 Å². The number of hydrogen-bond acceptors (Lipinski definition) is 3. The third-order valence-corrected chi connectivity index (χ3v) is 2.90. The Balaban J connectivity index is 2.39. The van der Waals surface area contributed by atoms with Gasteiger partial charge in [-0.2, -0.15) is 0 Å². The fourth-order valence-corrected chi connectivity index (χ4v) is 2.06. The Morgan fingerprint density at radius 1 is 1.50 bits per heavy atom. The maximum absolute atomic E-state index is 11.0. The van der Waals surface area contributed by atoms with Gasteiger partial charge in [0.05, 0.1) is 19.8 Å². The Hall–Kier alpha value is -0.770. The first-order chi connectivity index (χ1) is 6.77. The fourth-order valence-electron chi connectivity index (χ4n) is 2.06. The van der Waals surface area contributed by atoms with Gasteiger partial charge in [0.15, 0.2) is 0 Å². The first-order valence-electron chi connectivity index (χ1n) is 5.23. The minimum absolute atomic E-state index is 0.000231. The van der Waals surface area contributed by atoms with Gasteiger partial charge in [0.2, 0.25) is 0 Å². The van der Waals surface area contributed by atoms with Gasteiger partial charge in [-0.15, -0.1) is 0 Å². The highest BCUT2D eigenvalue weighted by atomic mass is 16.5. The zero-order valence-electron chi connectivity index (χ0n) is 8.66. The summed E-state index contributed by atoms with van der Waals surface area (Å²) in [6.45, 7) is -0.000231. The van der Waals surface area contributed by atoms with Crippen LogP contribution < -0.4 is 5.32 Å². The second-order valence-electron chi connectivity index (χ2n) is 3.82. The highest BCUT2D eigenvalue weighted by molar-refractivity contribution is 5.67. The summed E-state index contributed by atoms with van der Waals surface area (Å²) in [4.78, 5) is 11.0. The minimum atomic E-state index is -0.449. The Kier molecular flexibility index (Phi) is 4.73. The standard InChI is InChI=1S/C10H19NO3/c1-14-10(13)11-9(7-12)8-5-3-2-4-6-8/h8-9,12H,2-7H2,1H3,(H,11,13)/t9-/m0/s1. The predicted molar refractivity (Wildman–Crippen MR) is 53.0 cm³/mol. The molecular formula is C10H19NO3. The summed E-state index contributed by atoms with van der Waals surface area (Å²) in [5.41, 5.74) is 0. The van der Waals surface area contributed by atoms with Gasteiger partial charge in [0, 0.05) is 0 Å². The van der Waals surface area contributed by atoms with Crippen LogP contribution >= 0.6 is 0 Å². The van der Waals surface area contributed by atoms with Crippen molar-refractivity contribution in [3.63, 3.8) is 0 Å². The number of nitrogens with one attached hydrogen (secondary N) is 1. The Morgan fingerprint density at radius 3 is 2.64 bits per heavy atom. The minimum Gasteiger partial charge on any atom is -0.453 e. The van der Waals surface area contributed by atoms with E-state index in [0.29, 0.717) is 5.92 Å². The van der Waals surface area contributed by atoms with E-state index in [1.54, 1.807) is 0 Å². The molecule has 4 heteroatoms. The molecule has 0 radical (unpaired) electrons. The van der Waals surface area contributed by atoms with Crippen LogP contribution in [0.25, 0.3) is 0 Å². The van der Waals surface area contributed by atoms with E-state index in [4.69, 9.17) is 5.11 Å². The maximum atomic E-state index is 11.0. The van der Waals surface area contributed by atoms with Crippen LogP contribution in [-0.2, 0) is 4.74 Å². The zero-order chi connectivity index (χ0) is 10.4. The number of ether oxygens (including phenoxy) is 1. The normalized spacial score (nSPS) is 20.1. The first kappa shape index (κ1) is 11.3. The van der Waals surface area contributed by atoms with Gasteiger partial charge in [-0.05, 0) is 18.8 Å². The molecule has 1 rings (SSSR count). The summed E-state index contributed by atoms with van der Waals surface area (Å²) in [6.07, 6.45) is 5.40. The molecule has 1 aliphatic carbocycles. The summed E-state index contributed by atoms with van der Waals surface area (Å²) in [6, 6.07) is -0.136. The molecule has 2 N–H and O–H groups in total.